The van der Waals surface area contributed by atoms with E-state index < -0.39 is 33.1 Å². The molecular weight excluding hydrogens is 721 g/mol. The summed E-state index contributed by atoms with van der Waals surface area (Å²) in [6, 6.07) is 36.1. The van der Waals surface area contributed by atoms with Crippen molar-refractivity contribution in [3.8, 4) is 34.1 Å². The number of aliphatic imine (C=N–C) groups is 1. The van der Waals surface area contributed by atoms with Crippen molar-refractivity contribution in [2.45, 2.75) is 35.9 Å². The molecule has 0 saturated carbocycles. The second kappa shape index (κ2) is 17.5. The van der Waals surface area contributed by atoms with Gasteiger partial charge in [-0.3, -0.25) is 4.79 Å². The monoisotopic (exact) mass is 764 g/mol. The third-order valence-electron chi connectivity index (χ3n) is 9.45. The van der Waals surface area contributed by atoms with Gasteiger partial charge in [-0.2, -0.15) is 0 Å². The number of carbonyl (C=O) groups excluding carboxylic acids is 1. The summed E-state index contributed by atoms with van der Waals surface area (Å²) < 4.78 is 56.7. The van der Waals surface area contributed by atoms with Crippen LogP contribution in [0.25, 0.3) is 11.1 Å². The number of benzene rings is 5. The number of amides is 1. The number of methoxy groups -OCH3 is 3. The Morgan fingerprint density at radius 2 is 1.38 bits per heavy atom. The van der Waals surface area contributed by atoms with Crippen LogP contribution in [0.15, 0.2) is 131 Å². The van der Waals surface area contributed by atoms with Crippen molar-refractivity contribution in [3.05, 3.63) is 138 Å². The number of aliphatic hydroxyl groups excluding tert-OH is 1. The summed E-state index contributed by atoms with van der Waals surface area (Å²) in [5.41, 5.74) is 1.98. The molecule has 6 rings (SSSR count). The van der Waals surface area contributed by atoms with Gasteiger partial charge in [0.1, 0.15) is 23.0 Å². The fourth-order valence-corrected chi connectivity index (χ4v) is 7.85. The quantitative estimate of drug-likeness (QED) is 0.101. The van der Waals surface area contributed by atoms with Gasteiger partial charge < -0.3 is 34.1 Å². The van der Waals surface area contributed by atoms with E-state index in [1.54, 1.807) is 54.6 Å². The zero-order valence-corrected chi connectivity index (χ0v) is 31.8. The molecule has 2 N–H and O–H groups in total. The van der Waals surface area contributed by atoms with Gasteiger partial charge >= 0.3 is 0 Å². The number of rotatable bonds is 17. The molecule has 0 aromatic heterocycles. The number of hydrogen-bond acceptors (Lipinski definition) is 10. The highest BCUT2D eigenvalue weighted by molar-refractivity contribution is 7.91. The fourth-order valence-electron chi connectivity index (χ4n) is 6.46. The standard InChI is InChI=1S/C43H44N2O9S/c1-50-35-27-38(51-2)37(39(28-35)52-3)29-44-42(47)43(23-26-55(48,49)36-13-8-5-9-14-36)40(32-17-15-31(16-18-32)30-11-6-4-7-12-30)54-41(45-43)33-19-21-34(22-20-33)53-25-10-24-46/h4-9,11-22,27-28,40,46H,10,23-26,29H2,1-3H3,(H,44,47)/t40-,43-/m1/s1. The third-order valence-corrected chi connectivity index (χ3v) is 11.2. The molecule has 0 bridgehead atoms. The van der Waals surface area contributed by atoms with E-state index >= 15 is 0 Å². The zero-order chi connectivity index (χ0) is 38.8. The maximum absolute atomic E-state index is 14.9. The highest BCUT2D eigenvalue weighted by atomic mass is 32.2. The molecule has 5 aromatic rings. The van der Waals surface area contributed by atoms with Crippen molar-refractivity contribution in [2.75, 3.05) is 40.3 Å². The summed E-state index contributed by atoms with van der Waals surface area (Å²) >= 11 is 0. The van der Waals surface area contributed by atoms with Crippen LogP contribution in [0.5, 0.6) is 23.0 Å². The Bertz CT molecular complexity index is 2170. The van der Waals surface area contributed by atoms with Gasteiger partial charge in [-0.25, -0.2) is 13.4 Å². The van der Waals surface area contributed by atoms with Crippen molar-refractivity contribution < 1.29 is 42.0 Å². The summed E-state index contributed by atoms with van der Waals surface area (Å²) in [5.74, 6) is 1.18. The van der Waals surface area contributed by atoms with Crippen molar-refractivity contribution >= 4 is 21.6 Å². The number of nitrogens with zero attached hydrogens (tertiary/aromatic N) is 1. The molecule has 1 aliphatic rings. The summed E-state index contributed by atoms with van der Waals surface area (Å²) in [6.07, 6.45) is -0.734. The van der Waals surface area contributed by atoms with Gasteiger partial charge in [0.2, 0.25) is 5.90 Å². The fraction of sp³-hybridized carbons (Fsp3) is 0.256. The molecule has 1 aliphatic heterocycles. The number of aliphatic hydroxyl groups is 1. The smallest absolute Gasteiger partial charge is 0.252 e. The molecular formula is C43H44N2O9S. The number of carbonyl (C=O) groups is 1. The van der Waals surface area contributed by atoms with E-state index in [0.29, 0.717) is 52.7 Å². The molecule has 11 nitrogen and oxygen atoms in total. The molecule has 1 amide bonds. The SMILES string of the molecule is COc1cc(OC)c(CNC(=O)[C@]2(CCS(=O)(=O)c3ccccc3)N=C(c3ccc(OCCCO)cc3)O[C@@H]2c2ccc(-c3ccccc3)cc2)c(OC)c1. The van der Waals surface area contributed by atoms with Crippen LogP contribution in [-0.4, -0.2) is 71.2 Å². The summed E-state index contributed by atoms with van der Waals surface area (Å²) in [7, 11) is 0.693. The normalized spacial score (nSPS) is 16.4. The first kappa shape index (κ1) is 38.9. The third kappa shape index (κ3) is 8.77. The van der Waals surface area contributed by atoms with E-state index in [1.807, 2.05) is 54.6 Å². The topological polar surface area (TPSA) is 142 Å². The van der Waals surface area contributed by atoms with Gasteiger partial charge in [0.05, 0.1) is 50.7 Å². The first-order valence-electron chi connectivity index (χ1n) is 17.8. The van der Waals surface area contributed by atoms with E-state index in [1.165, 1.54) is 33.5 Å². The zero-order valence-electron chi connectivity index (χ0n) is 30.9. The van der Waals surface area contributed by atoms with Crippen LogP contribution in [0.2, 0.25) is 0 Å². The molecule has 0 spiro atoms. The minimum absolute atomic E-state index is 0.0125. The average Bonchev–Trinajstić information content (AvgIpc) is 3.63. The Labute approximate surface area is 321 Å². The van der Waals surface area contributed by atoms with Gasteiger partial charge in [-0.1, -0.05) is 72.8 Å². The van der Waals surface area contributed by atoms with Crippen molar-refractivity contribution in [3.63, 3.8) is 0 Å². The molecule has 5 aromatic carbocycles. The van der Waals surface area contributed by atoms with E-state index in [4.69, 9.17) is 33.8 Å². The van der Waals surface area contributed by atoms with Crippen LogP contribution >= 0.6 is 0 Å². The van der Waals surface area contributed by atoms with Crippen LogP contribution < -0.4 is 24.3 Å². The maximum atomic E-state index is 14.9. The molecule has 286 valence electrons. The molecule has 1 heterocycles. The van der Waals surface area contributed by atoms with Gasteiger partial charge in [0.15, 0.2) is 21.5 Å². The van der Waals surface area contributed by atoms with Crippen LogP contribution in [-0.2, 0) is 25.9 Å². The largest absolute Gasteiger partial charge is 0.496 e. The lowest BCUT2D eigenvalue weighted by atomic mass is 9.84. The van der Waals surface area contributed by atoms with Crippen LogP contribution in [0.1, 0.15) is 35.6 Å². The summed E-state index contributed by atoms with van der Waals surface area (Å²) in [5, 5.41) is 12.2. The Kier molecular flexibility index (Phi) is 12.4. The van der Waals surface area contributed by atoms with E-state index in [-0.39, 0.29) is 30.4 Å². The summed E-state index contributed by atoms with van der Waals surface area (Å²) in [6.45, 7) is 0.322. The predicted molar refractivity (Wildman–Crippen MR) is 210 cm³/mol. The van der Waals surface area contributed by atoms with Gasteiger partial charge in [0.25, 0.3) is 5.91 Å². The van der Waals surface area contributed by atoms with Crippen molar-refractivity contribution in [1.82, 2.24) is 5.32 Å². The number of ether oxygens (including phenoxy) is 5. The van der Waals surface area contributed by atoms with Crippen LogP contribution in [0.3, 0.4) is 0 Å². The first-order chi connectivity index (χ1) is 26.7. The lowest BCUT2D eigenvalue weighted by molar-refractivity contribution is -0.129. The lowest BCUT2D eigenvalue weighted by Gasteiger charge is -2.31. The van der Waals surface area contributed by atoms with E-state index in [2.05, 4.69) is 5.32 Å². The van der Waals surface area contributed by atoms with Crippen LogP contribution in [0, 0.1) is 0 Å². The van der Waals surface area contributed by atoms with Crippen molar-refractivity contribution in [2.24, 2.45) is 4.99 Å². The molecule has 55 heavy (non-hydrogen) atoms. The minimum Gasteiger partial charge on any atom is -0.496 e. The number of sulfone groups is 1. The highest BCUT2D eigenvalue weighted by Crippen LogP contribution is 2.44. The van der Waals surface area contributed by atoms with Gasteiger partial charge in [0, 0.05) is 37.1 Å². The molecule has 2 atom stereocenters. The molecule has 12 heteroatoms. The summed E-state index contributed by atoms with van der Waals surface area (Å²) in [4.78, 5) is 20.1. The maximum Gasteiger partial charge on any atom is 0.252 e. The Morgan fingerprint density at radius 1 is 0.782 bits per heavy atom. The van der Waals surface area contributed by atoms with Crippen LogP contribution in [0.4, 0.5) is 0 Å². The minimum atomic E-state index is -3.86. The highest BCUT2D eigenvalue weighted by Gasteiger charge is 2.53. The molecule has 0 radical (unpaired) electrons. The predicted octanol–water partition coefficient (Wildman–Crippen LogP) is 6.58. The Balaban J connectivity index is 1.43. The van der Waals surface area contributed by atoms with Gasteiger partial charge in [-0.15, -0.1) is 0 Å². The van der Waals surface area contributed by atoms with E-state index in [9.17, 15) is 13.2 Å². The number of nitrogens with one attached hydrogen (secondary N) is 1. The first-order valence-corrected chi connectivity index (χ1v) is 19.5. The Morgan fingerprint density at radius 3 is 1.98 bits per heavy atom. The van der Waals surface area contributed by atoms with Gasteiger partial charge in [-0.05, 0) is 53.1 Å². The molecule has 0 unspecified atom stereocenters. The number of hydrogen-bond donors (Lipinski definition) is 2. The molecule has 0 fully saturated rings. The van der Waals surface area contributed by atoms with E-state index in [0.717, 1.165) is 11.1 Å². The molecule has 0 aliphatic carbocycles. The molecule has 0 saturated heterocycles. The second-order valence-corrected chi connectivity index (χ2v) is 15.0. The van der Waals surface area contributed by atoms with Crippen molar-refractivity contribution in [1.29, 1.82) is 0 Å². The lowest BCUT2D eigenvalue weighted by Crippen LogP contribution is -2.49. The average molecular weight is 765 g/mol. The second-order valence-electron chi connectivity index (χ2n) is 12.9. The Hall–Kier alpha value is -5.85.